The summed E-state index contributed by atoms with van der Waals surface area (Å²) in [7, 11) is 0. The Kier molecular flexibility index (Phi) is 9.62. The molecule has 1 rings (SSSR count). The average molecular weight is 364 g/mol. The lowest BCUT2D eigenvalue weighted by Gasteiger charge is -2.36. The molecule has 1 aliphatic rings. The van der Waals surface area contributed by atoms with Crippen molar-refractivity contribution in [1.29, 1.82) is 0 Å². The predicted molar refractivity (Wildman–Crippen MR) is 89.9 cm³/mol. The molecule has 7 N–H and O–H groups in total. The van der Waals surface area contributed by atoms with Crippen molar-refractivity contribution in [2.75, 3.05) is 13.2 Å². The number of nitrogens with one attached hydrogen (secondary N) is 2. The number of amides is 2. The molecule has 0 radical (unpaired) electrons. The van der Waals surface area contributed by atoms with Gasteiger partial charge in [-0.3, -0.25) is 0 Å². The van der Waals surface area contributed by atoms with Gasteiger partial charge in [0.15, 0.2) is 0 Å². The summed E-state index contributed by atoms with van der Waals surface area (Å²) < 4.78 is 5.59. The molecule has 2 amide bonds. The highest BCUT2D eigenvalue weighted by Gasteiger charge is 2.37. The van der Waals surface area contributed by atoms with Gasteiger partial charge in [0.1, 0.15) is 12.2 Å². The fourth-order valence-electron chi connectivity index (χ4n) is 2.77. The third kappa shape index (κ3) is 7.04. The van der Waals surface area contributed by atoms with Crippen molar-refractivity contribution in [1.82, 2.24) is 10.6 Å². The Bertz CT molecular complexity index is 399. The van der Waals surface area contributed by atoms with E-state index in [4.69, 9.17) is 4.74 Å². The topological polar surface area (TPSA) is 152 Å². The van der Waals surface area contributed by atoms with Crippen molar-refractivity contribution in [3.63, 3.8) is 0 Å². The van der Waals surface area contributed by atoms with Crippen molar-refractivity contribution in [2.24, 2.45) is 0 Å². The van der Waals surface area contributed by atoms with E-state index >= 15 is 0 Å². The Morgan fingerprint density at radius 2 is 1.84 bits per heavy atom. The maximum absolute atomic E-state index is 11.7. The van der Waals surface area contributed by atoms with Gasteiger partial charge in [-0.05, 0) is 26.2 Å². The molecule has 0 aliphatic heterocycles. The van der Waals surface area contributed by atoms with Gasteiger partial charge in [-0.2, -0.15) is 0 Å². The van der Waals surface area contributed by atoms with Crippen molar-refractivity contribution >= 4 is 6.03 Å². The van der Waals surface area contributed by atoms with E-state index in [1.165, 1.54) is 0 Å². The maximum atomic E-state index is 11.7. The molecular formula is C16H32N2O7. The molecule has 7 atom stereocenters. The van der Waals surface area contributed by atoms with Gasteiger partial charge in [0.2, 0.25) is 0 Å². The monoisotopic (exact) mass is 364 g/mol. The second-order valence-corrected chi connectivity index (χ2v) is 6.47. The lowest BCUT2D eigenvalue weighted by Crippen LogP contribution is -2.54. The third-order valence-electron chi connectivity index (χ3n) is 4.46. The molecule has 7 unspecified atom stereocenters. The van der Waals surface area contributed by atoms with E-state index in [0.717, 1.165) is 0 Å². The van der Waals surface area contributed by atoms with Crippen LogP contribution >= 0.6 is 0 Å². The smallest absolute Gasteiger partial charge is 0.315 e. The van der Waals surface area contributed by atoms with Crippen LogP contribution in [0.3, 0.4) is 0 Å². The molecule has 1 aliphatic carbocycles. The number of aliphatic hydroxyl groups is 5. The van der Waals surface area contributed by atoms with Crippen LogP contribution in [-0.4, -0.2) is 87.4 Å². The number of aliphatic hydroxyl groups excluding tert-OH is 5. The van der Waals surface area contributed by atoms with Gasteiger partial charge < -0.3 is 40.9 Å². The minimum absolute atomic E-state index is 0.0749. The average Bonchev–Trinajstić information content (AvgIpc) is 2.57. The van der Waals surface area contributed by atoms with E-state index in [1.807, 2.05) is 0 Å². The van der Waals surface area contributed by atoms with Crippen molar-refractivity contribution in [2.45, 2.75) is 82.2 Å². The summed E-state index contributed by atoms with van der Waals surface area (Å²) >= 11 is 0. The second-order valence-electron chi connectivity index (χ2n) is 6.47. The normalized spacial score (nSPS) is 30.4. The summed E-state index contributed by atoms with van der Waals surface area (Å²) in [5.41, 5.74) is 0. The maximum Gasteiger partial charge on any atom is 0.315 e. The van der Waals surface area contributed by atoms with Crippen LogP contribution in [0.4, 0.5) is 4.79 Å². The van der Waals surface area contributed by atoms with Crippen LogP contribution in [0.5, 0.6) is 0 Å². The van der Waals surface area contributed by atoms with E-state index in [2.05, 4.69) is 10.6 Å². The van der Waals surface area contributed by atoms with Gasteiger partial charge in [0.25, 0.3) is 0 Å². The highest BCUT2D eigenvalue weighted by Crippen LogP contribution is 2.23. The van der Waals surface area contributed by atoms with Gasteiger partial charge in [-0.15, -0.1) is 0 Å². The lowest BCUT2D eigenvalue weighted by atomic mass is 9.89. The molecule has 148 valence electrons. The molecule has 0 aromatic heterocycles. The van der Waals surface area contributed by atoms with Crippen LogP contribution in [0.25, 0.3) is 0 Å². The lowest BCUT2D eigenvalue weighted by molar-refractivity contribution is -0.157. The minimum atomic E-state index is -1.29. The number of rotatable bonds is 9. The quantitative estimate of drug-likeness (QED) is 0.262. The van der Waals surface area contributed by atoms with Gasteiger partial charge in [0.05, 0.1) is 37.1 Å². The molecule has 0 aromatic rings. The van der Waals surface area contributed by atoms with Gasteiger partial charge in [-0.25, -0.2) is 4.79 Å². The van der Waals surface area contributed by atoms with Crippen molar-refractivity contribution < 1.29 is 35.1 Å². The highest BCUT2D eigenvalue weighted by atomic mass is 16.5. The van der Waals surface area contributed by atoms with Crippen LogP contribution in [-0.2, 0) is 4.74 Å². The van der Waals surface area contributed by atoms with Crippen LogP contribution in [0.15, 0.2) is 0 Å². The zero-order valence-corrected chi connectivity index (χ0v) is 14.8. The fourth-order valence-corrected chi connectivity index (χ4v) is 2.77. The predicted octanol–water partition coefficient (Wildman–Crippen LogP) is -1.54. The molecule has 1 saturated carbocycles. The van der Waals surface area contributed by atoms with E-state index in [1.54, 1.807) is 13.8 Å². The Hall–Kier alpha value is -0.970. The molecule has 1 fully saturated rings. The fraction of sp³-hybridized carbons (Fsp3) is 0.938. The van der Waals surface area contributed by atoms with Crippen LogP contribution in [0.2, 0.25) is 0 Å². The molecule has 0 aromatic carbocycles. The van der Waals surface area contributed by atoms with E-state index in [9.17, 15) is 30.3 Å². The number of hydrogen-bond donors (Lipinski definition) is 7. The third-order valence-corrected chi connectivity index (χ3v) is 4.46. The zero-order chi connectivity index (χ0) is 19.0. The van der Waals surface area contributed by atoms with Crippen molar-refractivity contribution in [3.05, 3.63) is 0 Å². The number of carbonyl (C=O) groups excluding carboxylic acids is 1. The first-order valence-electron chi connectivity index (χ1n) is 8.86. The molecule has 0 bridgehead atoms. The Labute approximate surface area is 148 Å². The molecular weight excluding hydrogens is 332 g/mol. The number of urea groups is 1. The summed E-state index contributed by atoms with van der Waals surface area (Å²) in [6.45, 7) is 3.86. The van der Waals surface area contributed by atoms with Crippen LogP contribution < -0.4 is 10.6 Å². The Morgan fingerprint density at radius 1 is 1.16 bits per heavy atom. The number of hydrogen-bond acceptors (Lipinski definition) is 7. The minimum Gasteiger partial charge on any atom is -0.393 e. The summed E-state index contributed by atoms with van der Waals surface area (Å²) in [6, 6.07) is -1.26. The van der Waals surface area contributed by atoms with Crippen molar-refractivity contribution in [3.8, 4) is 0 Å². The molecule has 0 heterocycles. The summed E-state index contributed by atoms with van der Waals surface area (Å²) in [6.07, 6.45) is -4.80. The molecule has 9 nitrogen and oxygen atoms in total. The number of carbonyl (C=O) groups is 1. The SMILES string of the molecule is CCNC(=O)NC(COC1CCC(O)C(O)C1O)C(O)CC(O)CC. The van der Waals surface area contributed by atoms with Gasteiger partial charge in [0, 0.05) is 13.0 Å². The summed E-state index contributed by atoms with van der Waals surface area (Å²) in [5, 5.41) is 54.4. The van der Waals surface area contributed by atoms with E-state index in [0.29, 0.717) is 19.4 Å². The van der Waals surface area contributed by atoms with Crippen LogP contribution in [0.1, 0.15) is 39.5 Å². The molecule has 0 saturated heterocycles. The largest absolute Gasteiger partial charge is 0.393 e. The zero-order valence-electron chi connectivity index (χ0n) is 14.8. The van der Waals surface area contributed by atoms with Gasteiger partial charge >= 0.3 is 6.03 Å². The summed E-state index contributed by atoms with van der Waals surface area (Å²) in [5.74, 6) is 0. The summed E-state index contributed by atoms with van der Waals surface area (Å²) in [4.78, 5) is 11.7. The molecule has 0 spiro atoms. The first kappa shape index (κ1) is 22.1. The van der Waals surface area contributed by atoms with Crippen LogP contribution in [0, 0.1) is 0 Å². The van der Waals surface area contributed by atoms with Gasteiger partial charge in [-0.1, -0.05) is 6.92 Å². The highest BCUT2D eigenvalue weighted by molar-refractivity contribution is 5.74. The number of ether oxygens (including phenoxy) is 1. The Morgan fingerprint density at radius 3 is 2.44 bits per heavy atom. The standard InChI is InChI=1S/C16H32N2O7/c1-3-9(19)7-12(21)10(18-16(24)17-4-2)8-25-13-6-5-11(20)14(22)15(13)23/h9-15,19-23H,3-8H2,1-2H3,(H2,17,18,24). The van der Waals surface area contributed by atoms with E-state index < -0.39 is 48.7 Å². The first-order chi connectivity index (χ1) is 11.8. The molecule has 9 heteroatoms. The Balaban J connectivity index is 2.64. The molecule has 25 heavy (non-hydrogen) atoms. The second kappa shape index (κ2) is 10.9. The first-order valence-corrected chi connectivity index (χ1v) is 8.86. The van der Waals surface area contributed by atoms with E-state index in [-0.39, 0.29) is 19.4 Å².